The predicted molar refractivity (Wildman–Crippen MR) is 75.3 cm³/mol. The highest BCUT2D eigenvalue weighted by molar-refractivity contribution is 9.10. The van der Waals surface area contributed by atoms with Crippen LogP contribution in [-0.2, 0) is 0 Å². The summed E-state index contributed by atoms with van der Waals surface area (Å²) in [5.74, 6) is 1.01. The number of halogens is 1. The van der Waals surface area contributed by atoms with Crippen LogP contribution in [0.3, 0.4) is 0 Å². The molecule has 2 aromatic rings. The van der Waals surface area contributed by atoms with Crippen LogP contribution in [0.15, 0.2) is 34.9 Å². The van der Waals surface area contributed by atoms with E-state index in [-0.39, 0.29) is 5.54 Å². The van der Waals surface area contributed by atoms with Crippen molar-refractivity contribution < 1.29 is 0 Å². The maximum absolute atomic E-state index is 4.48. The summed E-state index contributed by atoms with van der Waals surface area (Å²) in [6, 6.07) is 8.30. The van der Waals surface area contributed by atoms with Crippen molar-refractivity contribution in [3.8, 4) is 0 Å². The van der Waals surface area contributed by atoms with E-state index in [1.807, 2.05) is 12.3 Å². The molecule has 1 N–H and O–H groups in total. The summed E-state index contributed by atoms with van der Waals surface area (Å²) >= 11 is 3.59. The Kier molecular flexibility index (Phi) is 2.58. The van der Waals surface area contributed by atoms with Crippen LogP contribution in [0, 0.1) is 0 Å². The summed E-state index contributed by atoms with van der Waals surface area (Å²) in [7, 11) is 0. The molecule has 1 aliphatic rings. The standard InChI is InChI=1S/C14H15BrN2/c1-14(7-3-8-14)17-13-11-4-2-5-12(15)10(11)6-9-16-13/h2,4-6,9H,3,7-8H2,1H3,(H,16,17). The molecular weight excluding hydrogens is 276 g/mol. The van der Waals surface area contributed by atoms with Crippen LogP contribution >= 0.6 is 15.9 Å². The van der Waals surface area contributed by atoms with Crippen molar-refractivity contribution in [1.29, 1.82) is 0 Å². The summed E-state index contributed by atoms with van der Waals surface area (Å²) in [5, 5.41) is 6.00. The molecule has 3 rings (SSSR count). The Morgan fingerprint density at radius 2 is 2.06 bits per heavy atom. The second-order valence-electron chi connectivity index (χ2n) is 5.03. The summed E-state index contributed by atoms with van der Waals surface area (Å²) < 4.78 is 1.12. The number of hydrogen-bond acceptors (Lipinski definition) is 2. The maximum atomic E-state index is 4.48. The van der Waals surface area contributed by atoms with Gasteiger partial charge in [0.05, 0.1) is 0 Å². The minimum Gasteiger partial charge on any atom is -0.364 e. The first-order chi connectivity index (χ1) is 8.18. The number of fused-ring (bicyclic) bond motifs is 1. The summed E-state index contributed by atoms with van der Waals surface area (Å²) in [5.41, 5.74) is 0.240. The number of nitrogens with one attached hydrogen (secondary N) is 1. The lowest BCUT2D eigenvalue weighted by Crippen LogP contribution is -2.41. The van der Waals surface area contributed by atoms with E-state index in [1.165, 1.54) is 30.0 Å². The van der Waals surface area contributed by atoms with Crippen molar-refractivity contribution in [2.75, 3.05) is 5.32 Å². The van der Waals surface area contributed by atoms with E-state index in [0.29, 0.717) is 0 Å². The fourth-order valence-electron chi connectivity index (χ4n) is 2.39. The number of benzene rings is 1. The molecule has 0 atom stereocenters. The van der Waals surface area contributed by atoms with Crippen molar-refractivity contribution in [2.24, 2.45) is 0 Å². The highest BCUT2D eigenvalue weighted by atomic mass is 79.9. The SMILES string of the molecule is CC1(Nc2nccc3c(Br)cccc23)CCC1. The monoisotopic (exact) mass is 290 g/mol. The van der Waals surface area contributed by atoms with Crippen LogP contribution in [0.25, 0.3) is 10.8 Å². The minimum atomic E-state index is 0.240. The van der Waals surface area contributed by atoms with Gasteiger partial charge in [-0.25, -0.2) is 4.98 Å². The molecule has 0 unspecified atom stereocenters. The van der Waals surface area contributed by atoms with Crippen molar-refractivity contribution in [2.45, 2.75) is 31.7 Å². The molecule has 1 heterocycles. The van der Waals surface area contributed by atoms with Crippen molar-refractivity contribution in [1.82, 2.24) is 4.98 Å². The molecule has 1 aromatic carbocycles. The third kappa shape index (κ3) is 1.93. The molecule has 17 heavy (non-hydrogen) atoms. The lowest BCUT2D eigenvalue weighted by molar-refractivity contribution is 0.306. The Labute approximate surface area is 110 Å². The first-order valence-corrected chi connectivity index (χ1v) is 6.79. The van der Waals surface area contributed by atoms with Gasteiger partial charge in [-0.2, -0.15) is 0 Å². The second kappa shape index (κ2) is 3.98. The van der Waals surface area contributed by atoms with Crippen LogP contribution in [0.2, 0.25) is 0 Å². The molecule has 0 radical (unpaired) electrons. The zero-order valence-electron chi connectivity index (χ0n) is 9.83. The maximum Gasteiger partial charge on any atom is 0.134 e. The van der Waals surface area contributed by atoms with Gasteiger partial charge in [-0.15, -0.1) is 0 Å². The van der Waals surface area contributed by atoms with Gasteiger partial charge in [0.25, 0.3) is 0 Å². The number of hydrogen-bond donors (Lipinski definition) is 1. The third-order valence-corrected chi connectivity index (χ3v) is 4.32. The molecule has 3 heteroatoms. The highest BCUT2D eigenvalue weighted by Crippen LogP contribution is 2.36. The molecular formula is C14H15BrN2. The molecule has 1 saturated carbocycles. The molecule has 1 aromatic heterocycles. The molecule has 1 aliphatic carbocycles. The van der Waals surface area contributed by atoms with Crippen molar-refractivity contribution in [3.05, 3.63) is 34.9 Å². The fourth-order valence-corrected chi connectivity index (χ4v) is 2.88. The fraction of sp³-hybridized carbons (Fsp3) is 0.357. The Morgan fingerprint density at radius 1 is 1.24 bits per heavy atom. The van der Waals surface area contributed by atoms with E-state index in [9.17, 15) is 0 Å². The zero-order valence-corrected chi connectivity index (χ0v) is 11.4. The quantitative estimate of drug-likeness (QED) is 0.889. The number of rotatable bonds is 2. The first kappa shape index (κ1) is 11.0. The van der Waals surface area contributed by atoms with Gasteiger partial charge >= 0.3 is 0 Å². The Balaban J connectivity index is 2.07. The second-order valence-corrected chi connectivity index (χ2v) is 5.89. The Hall–Kier alpha value is -1.09. The highest BCUT2D eigenvalue weighted by Gasteiger charge is 2.32. The lowest BCUT2D eigenvalue weighted by Gasteiger charge is -2.39. The molecule has 0 amide bonds. The van der Waals surface area contributed by atoms with E-state index < -0.39 is 0 Å². The van der Waals surface area contributed by atoms with Crippen LogP contribution in [-0.4, -0.2) is 10.5 Å². The van der Waals surface area contributed by atoms with Gasteiger partial charge in [0.2, 0.25) is 0 Å². The topological polar surface area (TPSA) is 24.9 Å². The lowest BCUT2D eigenvalue weighted by atomic mass is 9.78. The van der Waals surface area contributed by atoms with Gasteiger partial charge in [0.15, 0.2) is 0 Å². The zero-order chi connectivity index (χ0) is 11.9. The van der Waals surface area contributed by atoms with Gasteiger partial charge in [-0.1, -0.05) is 28.1 Å². The Bertz CT molecular complexity index is 561. The molecule has 1 fully saturated rings. The van der Waals surface area contributed by atoms with E-state index in [0.717, 1.165) is 10.3 Å². The summed E-state index contributed by atoms with van der Waals surface area (Å²) in [4.78, 5) is 4.48. The van der Waals surface area contributed by atoms with Crippen LogP contribution in [0.4, 0.5) is 5.82 Å². The molecule has 88 valence electrons. The average molecular weight is 291 g/mol. The van der Waals surface area contributed by atoms with E-state index in [4.69, 9.17) is 0 Å². The summed E-state index contributed by atoms with van der Waals surface area (Å²) in [6.07, 6.45) is 5.66. The normalized spacial score (nSPS) is 17.8. The third-order valence-electron chi connectivity index (χ3n) is 3.63. The number of pyridine rings is 1. The largest absolute Gasteiger partial charge is 0.364 e. The average Bonchev–Trinajstić information content (AvgIpc) is 2.28. The van der Waals surface area contributed by atoms with Crippen LogP contribution in [0.5, 0.6) is 0 Å². The van der Waals surface area contributed by atoms with Gasteiger partial charge in [0, 0.05) is 27.0 Å². The molecule has 0 spiro atoms. The van der Waals surface area contributed by atoms with Crippen LogP contribution in [0.1, 0.15) is 26.2 Å². The molecule has 0 bridgehead atoms. The van der Waals surface area contributed by atoms with Gasteiger partial charge in [0.1, 0.15) is 5.82 Å². The van der Waals surface area contributed by atoms with Gasteiger partial charge < -0.3 is 5.32 Å². The number of aromatic nitrogens is 1. The van der Waals surface area contributed by atoms with Gasteiger partial charge in [-0.05, 0) is 38.3 Å². The van der Waals surface area contributed by atoms with E-state index >= 15 is 0 Å². The number of nitrogens with zero attached hydrogens (tertiary/aromatic N) is 1. The summed E-state index contributed by atoms with van der Waals surface area (Å²) in [6.45, 7) is 2.27. The van der Waals surface area contributed by atoms with E-state index in [1.54, 1.807) is 0 Å². The first-order valence-electron chi connectivity index (χ1n) is 5.99. The number of anilines is 1. The molecule has 0 aliphatic heterocycles. The van der Waals surface area contributed by atoms with Crippen molar-refractivity contribution >= 4 is 32.5 Å². The molecule has 2 nitrogen and oxygen atoms in total. The van der Waals surface area contributed by atoms with Crippen molar-refractivity contribution in [3.63, 3.8) is 0 Å². The van der Waals surface area contributed by atoms with E-state index in [2.05, 4.69) is 51.4 Å². The van der Waals surface area contributed by atoms with Gasteiger partial charge in [-0.3, -0.25) is 0 Å². The molecule has 0 saturated heterocycles. The van der Waals surface area contributed by atoms with Crippen LogP contribution < -0.4 is 5.32 Å². The minimum absolute atomic E-state index is 0.240. The smallest absolute Gasteiger partial charge is 0.134 e. The Morgan fingerprint density at radius 3 is 2.76 bits per heavy atom. The predicted octanol–water partition coefficient (Wildman–Crippen LogP) is 4.35.